The molecule has 1 aliphatic heterocycles. The van der Waals surface area contributed by atoms with Crippen molar-refractivity contribution < 1.29 is 23.9 Å². The summed E-state index contributed by atoms with van der Waals surface area (Å²) in [7, 11) is 0. The summed E-state index contributed by atoms with van der Waals surface area (Å²) in [6, 6.07) is 31.5. The molecule has 0 bridgehead atoms. The molecule has 2 atom stereocenters. The van der Waals surface area contributed by atoms with E-state index in [1.165, 1.54) is 4.90 Å². The van der Waals surface area contributed by atoms with E-state index in [0.717, 1.165) is 42.4 Å². The zero-order valence-electron chi connectivity index (χ0n) is 25.4. The summed E-state index contributed by atoms with van der Waals surface area (Å²) in [5.41, 5.74) is 6.12. The second-order valence-electron chi connectivity index (χ2n) is 12.0. The van der Waals surface area contributed by atoms with Crippen molar-refractivity contribution in [3.8, 4) is 22.4 Å². The summed E-state index contributed by atoms with van der Waals surface area (Å²) < 4.78 is 5.56. The Balaban J connectivity index is 1.12. The lowest BCUT2D eigenvalue weighted by Gasteiger charge is -2.19. The second kappa shape index (κ2) is 12.2. The number of hydrogen-bond donors (Lipinski definition) is 0. The van der Waals surface area contributed by atoms with Gasteiger partial charge in [-0.05, 0) is 54.7 Å². The van der Waals surface area contributed by atoms with E-state index < -0.39 is 12.6 Å². The zero-order chi connectivity index (χ0) is 31.8. The predicted octanol–water partition coefficient (Wildman–Crippen LogP) is 7.60. The molecule has 0 N–H and O–H groups in total. The van der Waals surface area contributed by atoms with E-state index in [1.807, 2.05) is 79.7 Å². The van der Waals surface area contributed by atoms with Crippen LogP contribution in [0.5, 0.6) is 0 Å². The molecule has 2 heterocycles. The number of ether oxygens (including phenoxy) is 1. The fraction of sp³-hybridized carbons (Fsp3) is 0.205. The van der Waals surface area contributed by atoms with Crippen molar-refractivity contribution in [1.82, 2.24) is 4.98 Å². The van der Waals surface area contributed by atoms with Crippen molar-refractivity contribution in [2.24, 2.45) is 11.8 Å². The van der Waals surface area contributed by atoms with Crippen LogP contribution in [0.4, 0.5) is 5.69 Å². The molecule has 1 aliphatic carbocycles. The maximum Gasteiger partial charge on any atom is 0.339 e. The number of hydrogen-bond acceptors (Lipinski definition) is 6. The Bertz CT molecular complexity index is 1960. The molecule has 7 rings (SSSR count). The number of imide groups is 1. The first-order chi connectivity index (χ1) is 22.4. The number of ketones is 1. The van der Waals surface area contributed by atoms with Gasteiger partial charge in [0.2, 0.25) is 11.8 Å². The zero-order valence-corrected chi connectivity index (χ0v) is 25.4. The number of esters is 1. The van der Waals surface area contributed by atoms with Crippen LogP contribution in [-0.4, -0.2) is 35.2 Å². The highest BCUT2D eigenvalue weighted by Crippen LogP contribution is 2.40. The second-order valence-corrected chi connectivity index (χ2v) is 12.0. The van der Waals surface area contributed by atoms with Crippen molar-refractivity contribution in [2.45, 2.75) is 32.6 Å². The van der Waals surface area contributed by atoms with Gasteiger partial charge in [-0.25, -0.2) is 9.78 Å². The van der Waals surface area contributed by atoms with Gasteiger partial charge >= 0.3 is 5.97 Å². The number of aryl methyl sites for hydroxylation is 1. The van der Waals surface area contributed by atoms with Gasteiger partial charge in [0.15, 0.2) is 12.4 Å². The monoisotopic (exact) mass is 608 g/mol. The molecule has 2 amide bonds. The van der Waals surface area contributed by atoms with E-state index >= 15 is 0 Å². The van der Waals surface area contributed by atoms with E-state index in [-0.39, 0.29) is 29.4 Å². The lowest BCUT2D eigenvalue weighted by Crippen LogP contribution is -2.30. The van der Waals surface area contributed by atoms with Crippen LogP contribution in [0.1, 0.15) is 52.0 Å². The molecular formula is C39H32N2O5. The van der Waals surface area contributed by atoms with Gasteiger partial charge in [0.25, 0.3) is 0 Å². The third-order valence-electron chi connectivity index (χ3n) is 9.17. The topological polar surface area (TPSA) is 93.6 Å². The van der Waals surface area contributed by atoms with Gasteiger partial charge in [-0.2, -0.15) is 0 Å². The van der Waals surface area contributed by atoms with Crippen LogP contribution in [0.25, 0.3) is 33.3 Å². The van der Waals surface area contributed by atoms with Gasteiger partial charge in [-0.1, -0.05) is 97.8 Å². The molecule has 7 nitrogen and oxygen atoms in total. The fourth-order valence-electron chi connectivity index (χ4n) is 6.68. The molecule has 228 valence electrons. The Kier molecular flexibility index (Phi) is 7.74. The number of para-hydroxylation sites is 1. The van der Waals surface area contributed by atoms with Crippen LogP contribution in [0.2, 0.25) is 0 Å². The molecule has 1 aromatic heterocycles. The molecular weight excluding hydrogens is 576 g/mol. The van der Waals surface area contributed by atoms with E-state index in [0.29, 0.717) is 39.0 Å². The summed E-state index contributed by atoms with van der Waals surface area (Å²) in [6.07, 6.45) is 3.46. The maximum absolute atomic E-state index is 13.5. The highest BCUT2D eigenvalue weighted by molar-refractivity contribution is 6.22. The molecule has 5 aromatic rings. The third-order valence-corrected chi connectivity index (χ3v) is 9.17. The number of carbonyl (C=O) groups excluding carboxylic acids is 4. The van der Waals surface area contributed by atoms with Gasteiger partial charge in [-0.3, -0.25) is 19.3 Å². The molecule has 2 unspecified atom stereocenters. The van der Waals surface area contributed by atoms with Gasteiger partial charge in [0.1, 0.15) is 0 Å². The quantitative estimate of drug-likeness (QED) is 0.107. The number of rotatable bonds is 7. The van der Waals surface area contributed by atoms with Crippen LogP contribution in [-0.2, 0) is 14.3 Å². The minimum Gasteiger partial charge on any atom is -0.454 e. The van der Waals surface area contributed by atoms with E-state index in [4.69, 9.17) is 9.72 Å². The number of anilines is 1. The minimum atomic E-state index is -0.624. The number of amides is 2. The smallest absolute Gasteiger partial charge is 0.339 e. The first kappa shape index (κ1) is 29.3. The number of carbonyl (C=O) groups is 4. The fourth-order valence-corrected chi connectivity index (χ4v) is 6.68. The summed E-state index contributed by atoms with van der Waals surface area (Å²) in [6.45, 7) is 1.52. The molecule has 2 aliphatic rings. The van der Waals surface area contributed by atoms with Crippen molar-refractivity contribution in [3.63, 3.8) is 0 Å². The van der Waals surface area contributed by atoms with E-state index in [9.17, 15) is 19.2 Å². The summed E-state index contributed by atoms with van der Waals surface area (Å²) in [5, 5.41) is 0.626. The Morgan fingerprint density at radius 2 is 1.39 bits per heavy atom. The first-order valence-electron chi connectivity index (χ1n) is 15.6. The standard InChI is InChI=1S/C39H32N2O5/c1-24-8-7-13-30-33(39(45)46-23-35(42)28-16-14-26(15-17-28)25-9-3-2-4-10-25)22-34(40-36(24)30)27-18-20-29(21-19-27)41-37(43)31-11-5-6-12-32(31)38(41)44/h2-4,7-10,13-22,31-32H,5-6,11-12,23H2,1H3. The molecule has 2 fully saturated rings. The first-order valence-corrected chi connectivity index (χ1v) is 15.6. The number of nitrogens with zero attached hydrogens (tertiary/aromatic N) is 2. The highest BCUT2D eigenvalue weighted by atomic mass is 16.5. The lowest BCUT2D eigenvalue weighted by atomic mass is 9.81. The molecule has 0 radical (unpaired) electrons. The van der Waals surface area contributed by atoms with E-state index in [2.05, 4.69) is 0 Å². The average Bonchev–Trinajstić information content (AvgIpc) is 3.36. The lowest BCUT2D eigenvalue weighted by molar-refractivity contribution is -0.122. The largest absolute Gasteiger partial charge is 0.454 e. The van der Waals surface area contributed by atoms with E-state index in [1.54, 1.807) is 30.3 Å². The van der Waals surface area contributed by atoms with Crippen LogP contribution in [0.15, 0.2) is 103 Å². The van der Waals surface area contributed by atoms with Crippen molar-refractivity contribution in [2.75, 3.05) is 11.5 Å². The molecule has 7 heteroatoms. The van der Waals surface area contributed by atoms with Crippen molar-refractivity contribution >= 4 is 40.2 Å². The van der Waals surface area contributed by atoms with Gasteiger partial charge in [-0.15, -0.1) is 0 Å². The van der Waals surface area contributed by atoms with Gasteiger partial charge < -0.3 is 4.74 Å². The third kappa shape index (κ3) is 5.38. The number of pyridine rings is 1. The van der Waals surface area contributed by atoms with Gasteiger partial charge in [0.05, 0.1) is 34.3 Å². The number of fused-ring (bicyclic) bond motifs is 2. The number of benzene rings is 4. The normalized spacial score (nSPS) is 17.6. The Hall–Kier alpha value is -5.43. The van der Waals surface area contributed by atoms with Gasteiger partial charge in [0, 0.05) is 16.5 Å². The summed E-state index contributed by atoms with van der Waals surface area (Å²) >= 11 is 0. The van der Waals surface area contributed by atoms with Crippen LogP contribution >= 0.6 is 0 Å². The molecule has 4 aromatic carbocycles. The summed E-state index contributed by atoms with van der Waals surface area (Å²) in [4.78, 5) is 58.8. The summed E-state index contributed by atoms with van der Waals surface area (Å²) in [5.74, 6) is -1.60. The van der Waals surface area contributed by atoms with Crippen LogP contribution < -0.4 is 4.90 Å². The Morgan fingerprint density at radius 3 is 2.07 bits per heavy atom. The number of Topliss-reactive ketones (excluding diaryl/α,β-unsaturated/α-hetero) is 1. The predicted molar refractivity (Wildman–Crippen MR) is 176 cm³/mol. The van der Waals surface area contributed by atoms with Crippen molar-refractivity contribution in [1.29, 1.82) is 0 Å². The Labute approximate surface area is 266 Å². The molecule has 0 spiro atoms. The van der Waals surface area contributed by atoms with Crippen LogP contribution in [0.3, 0.4) is 0 Å². The molecule has 1 saturated carbocycles. The van der Waals surface area contributed by atoms with Crippen LogP contribution in [0, 0.1) is 18.8 Å². The maximum atomic E-state index is 13.5. The van der Waals surface area contributed by atoms with Crippen molar-refractivity contribution in [3.05, 3.63) is 120 Å². The molecule has 1 saturated heterocycles. The average molecular weight is 609 g/mol. The highest BCUT2D eigenvalue weighted by Gasteiger charge is 2.48. The Morgan fingerprint density at radius 1 is 0.761 bits per heavy atom. The number of aromatic nitrogens is 1. The molecule has 46 heavy (non-hydrogen) atoms. The minimum absolute atomic E-state index is 0.117. The SMILES string of the molecule is Cc1cccc2c(C(=O)OCC(=O)c3ccc(-c4ccccc4)cc3)cc(-c3ccc(N4C(=O)C5CCCCC5C4=O)cc3)nc12.